The highest BCUT2D eigenvalue weighted by molar-refractivity contribution is 6.95. The van der Waals surface area contributed by atoms with Crippen LogP contribution in [-0.2, 0) is 5.41 Å². The Balaban J connectivity index is 1.09. The Labute approximate surface area is 420 Å². The average molecular weight is 918 g/mol. The van der Waals surface area contributed by atoms with E-state index in [0.717, 1.165) is 38.5 Å². The summed E-state index contributed by atoms with van der Waals surface area (Å²) in [5.74, 6) is 1.08. The number of allylic oxidation sites excluding steroid dienone is 14. The zero-order valence-corrected chi connectivity index (χ0v) is 42.3. The van der Waals surface area contributed by atoms with Crippen LogP contribution in [0.5, 0.6) is 0 Å². The first kappa shape index (κ1) is 45.2. The van der Waals surface area contributed by atoms with Crippen molar-refractivity contribution in [2.24, 2.45) is 11.3 Å². The summed E-state index contributed by atoms with van der Waals surface area (Å²) in [6.45, 7) is 9.93. The molecular weight excluding hydrogens is 846 g/mol. The molecule has 0 saturated heterocycles. The van der Waals surface area contributed by atoms with E-state index in [2.05, 4.69) is 212 Å². The molecule has 4 aromatic carbocycles. The van der Waals surface area contributed by atoms with Crippen molar-refractivity contribution in [3.63, 3.8) is 0 Å². The van der Waals surface area contributed by atoms with Crippen molar-refractivity contribution in [1.82, 2.24) is 0 Å². The second kappa shape index (κ2) is 18.6. The number of para-hydroxylation sites is 1. The van der Waals surface area contributed by atoms with E-state index in [9.17, 15) is 0 Å². The van der Waals surface area contributed by atoms with Crippen molar-refractivity contribution < 1.29 is 0 Å². The summed E-state index contributed by atoms with van der Waals surface area (Å²) in [5, 5.41) is 0. The highest BCUT2D eigenvalue weighted by Gasteiger charge is 2.49. The minimum Gasteiger partial charge on any atom is -0.338 e. The van der Waals surface area contributed by atoms with Crippen LogP contribution in [-0.4, -0.2) is 18.8 Å². The van der Waals surface area contributed by atoms with Gasteiger partial charge in [0, 0.05) is 51.7 Å². The third kappa shape index (κ3) is 7.98. The lowest BCUT2D eigenvalue weighted by molar-refractivity contribution is 0.309. The molecule has 1 saturated carbocycles. The molecule has 2 heterocycles. The number of anilines is 4. The number of nitrogens with zero attached hydrogens (tertiary/aromatic N) is 3. The summed E-state index contributed by atoms with van der Waals surface area (Å²) in [4.78, 5) is 8.31. The highest BCUT2D eigenvalue weighted by Crippen LogP contribution is 2.50. The van der Waals surface area contributed by atoms with E-state index in [4.69, 9.17) is 0 Å². The van der Waals surface area contributed by atoms with Gasteiger partial charge in [0.05, 0.1) is 12.1 Å². The summed E-state index contributed by atoms with van der Waals surface area (Å²) in [6.07, 6.45) is 48.2. The second-order valence-corrected chi connectivity index (χ2v) is 22.7. The Kier molecular flexibility index (Phi) is 12.0. The van der Waals surface area contributed by atoms with E-state index in [1.165, 1.54) is 124 Å². The largest absolute Gasteiger partial charge is 0.338 e. The number of benzene rings is 4. The van der Waals surface area contributed by atoms with E-state index >= 15 is 0 Å². The Morgan fingerprint density at radius 2 is 1.47 bits per heavy atom. The maximum absolute atomic E-state index is 2.85. The maximum atomic E-state index is 2.85. The molecule has 4 heteroatoms. The van der Waals surface area contributed by atoms with Crippen LogP contribution in [0.15, 0.2) is 198 Å². The molecule has 3 nitrogen and oxygen atoms in total. The van der Waals surface area contributed by atoms with Gasteiger partial charge in [0.15, 0.2) is 0 Å². The molecule has 8 aliphatic rings. The molecule has 0 aromatic heterocycles. The molecule has 3 atom stereocenters. The predicted molar refractivity (Wildman–Crippen MR) is 299 cm³/mol. The van der Waals surface area contributed by atoms with Gasteiger partial charge in [-0.15, -0.1) is 0 Å². The molecule has 0 N–H and O–H groups in total. The van der Waals surface area contributed by atoms with Gasteiger partial charge in [0.25, 0.3) is 0 Å². The van der Waals surface area contributed by atoms with Crippen molar-refractivity contribution in [2.45, 2.75) is 141 Å². The fourth-order valence-corrected chi connectivity index (χ4v) is 13.9. The summed E-state index contributed by atoms with van der Waals surface area (Å²) in [5.41, 5.74) is 19.9. The smallest absolute Gasteiger partial charge is 0.247 e. The lowest BCUT2D eigenvalue weighted by Crippen LogP contribution is -2.62. The Bertz CT molecular complexity index is 2930. The van der Waals surface area contributed by atoms with E-state index < -0.39 is 0 Å². The van der Waals surface area contributed by atoms with Gasteiger partial charge in [0.1, 0.15) is 0 Å². The van der Waals surface area contributed by atoms with E-state index in [1.54, 1.807) is 5.57 Å². The van der Waals surface area contributed by atoms with Crippen LogP contribution in [0.25, 0.3) is 0 Å². The summed E-state index contributed by atoms with van der Waals surface area (Å²) >= 11 is 0. The van der Waals surface area contributed by atoms with Gasteiger partial charge in [-0.2, -0.15) is 0 Å². The zero-order valence-electron chi connectivity index (χ0n) is 42.3. The van der Waals surface area contributed by atoms with Gasteiger partial charge >= 0.3 is 0 Å². The van der Waals surface area contributed by atoms with Gasteiger partial charge in [-0.05, 0) is 158 Å². The minimum absolute atomic E-state index is 0.0894. The average Bonchev–Trinajstić information content (AvgIpc) is 3.42. The summed E-state index contributed by atoms with van der Waals surface area (Å²) in [7, 11) is 0. The van der Waals surface area contributed by atoms with E-state index in [1.807, 2.05) is 0 Å². The molecule has 6 aliphatic carbocycles. The molecule has 4 aromatic rings. The molecule has 2 aliphatic heterocycles. The van der Waals surface area contributed by atoms with Gasteiger partial charge in [-0.25, -0.2) is 0 Å². The normalized spacial score (nSPS) is 23.1. The van der Waals surface area contributed by atoms with Crippen molar-refractivity contribution in [1.29, 1.82) is 0 Å². The molecule has 3 unspecified atom stereocenters. The fraction of sp³-hybridized carbons (Fsp3) is 0.364. The third-order valence-corrected chi connectivity index (χ3v) is 18.0. The molecular formula is C66H72BN3. The van der Waals surface area contributed by atoms with Crippen LogP contribution < -0.4 is 25.6 Å². The van der Waals surface area contributed by atoms with Crippen LogP contribution in [0.4, 0.5) is 22.7 Å². The number of fused-ring (bicyclic) bond motifs is 4. The van der Waals surface area contributed by atoms with Gasteiger partial charge in [-0.3, -0.25) is 0 Å². The Hall–Kier alpha value is -6.00. The standard InChI is InChI=1S/C66H72BN3/c1-65(2,49-25-13-6-14-26-49)51-35-38-56(39-36-51)69-60-42-37-52(66(3,4)50-27-15-7-16-28-50)45-59(60)67-58-41-40-57(68(53-29-17-8-18-30-53)54-31-19-9-20-32-54)46-61(58)70(55-33-21-10-22-34-55)63-44-48(43-62(69)64(63)67)47-23-11-5-12-24-47/h6-8,13-19,21,25,27-31,33-35,37-38,40-45,47,49,54,61H,5,9-12,20,22-24,26,32,36,39,46H2,1-4H3. The first-order chi connectivity index (χ1) is 34.3. The molecule has 354 valence electrons. The second-order valence-electron chi connectivity index (χ2n) is 22.7. The van der Waals surface area contributed by atoms with Gasteiger partial charge in [-0.1, -0.05) is 179 Å². The summed E-state index contributed by atoms with van der Waals surface area (Å²) < 4.78 is 0. The molecule has 12 rings (SSSR count). The highest BCUT2D eigenvalue weighted by atomic mass is 15.2. The molecule has 0 radical (unpaired) electrons. The Morgan fingerprint density at radius 3 is 2.20 bits per heavy atom. The van der Waals surface area contributed by atoms with Crippen LogP contribution in [0.1, 0.15) is 140 Å². The quantitative estimate of drug-likeness (QED) is 0.116. The lowest BCUT2D eigenvalue weighted by Gasteiger charge is -2.51. The molecule has 70 heavy (non-hydrogen) atoms. The predicted octanol–water partition coefficient (Wildman–Crippen LogP) is 15.7. The Morgan fingerprint density at radius 1 is 0.657 bits per heavy atom. The number of rotatable bonds is 10. The molecule has 0 spiro atoms. The van der Waals surface area contributed by atoms with E-state index in [-0.39, 0.29) is 23.6 Å². The lowest BCUT2D eigenvalue weighted by atomic mass is 9.31. The van der Waals surface area contributed by atoms with Gasteiger partial charge < -0.3 is 14.7 Å². The number of hydrogen-bond donors (Lipinski definition) is 0. The molecule has 0 bridgehead atoms. The van der Waals surface area contributed by atoms with Crippen molar-refractivity contribution in [2.75, 3.05) is 14.7 Å². The zero-order chi connectivity index (χ0) is 47.4. The minimum atomic E-state index is -0.180. The first-order valence-electron chi connectivity index (χ1n) is 27.2. The van der Waals surface area contributed by atoms with Crippen molar-refractivity contribution in [3.8, 4) is 0 Å². The van der Waals surface area contributed by atoms with Crippen LogP contribution in [0, 0.1) is 11.3 Å². The van der Waals surface area contributed by atoms with E-state index in [0.29, 0.717) is 17.9 Å². The monoisotopic (exact) mass is 918 g/mol. The molecule has 0 amide bonds. The van der Waals surface area contributed by atoms with Crippen LogP contribution >= 0.6 is 0 Å². The van der Waals surface area contributed by atoms with Crippen molar-refractivity contribution >= 4 is 40.4 Å². The molecule has 1 fully saturated rings. The number of hydrogen-bond acceptors (Lipinski definition) is 3. The van der Waals surface area contributed by atoms with Crippen LogP contribution in [0.2, 0.25) is 0 Å². The fourth-order valence-electron chi connectivity index (χ4n) is 13.9. The van der Waals surface area contributed by atoms with Gasteiger partial charge in [0.2, 0.25) is 6.71 Å². The maximum Gasteiger partial charge on any atom is 0.247 e. The first-order valence-corrected chi connectivity index (χ1v) is 27.2. The van der Waals surface area contributed by atoms with Crippen molar-refractivity contribution in [3.05, 3.63) is 215 Å². The third-order valence-electron chi connectivity index (χ3n) is 18.0. The summed E-state index contributed by atoms with van der Waals surface area (Å²) in [6, 6.07) is 36.0. The van der Waals surface area contributed by atoms with Crippen LogP contribution in [0.3, 0.4) is 0 Å². The SMILES string of the molecule is CC(C)(c1ccccc1)c1ccc2c(c1)B1C3=CC=C(N(c4ccccc4)C4C=CCCC4)CC3N(C3=CCCC=C3)c3cc(C4CCCCC4)cc(c31)N2C1=CC=C(C(C)(C)C2C=CC=CC2)CC1. The topological polar surface area (TPSA) is 9.72 Å².